The van der Waals surface area contributed by atoms with E-state index in [0.717, 1.165) is 30.5 Å². The average molecular weight is 452 g/mol. The highest BCUT2D eigenvalue weighted by Gasteiger charge is 2.33. The summed E-state index contributed by atoms with van der Waals surface area (Å²) in [4.78, 5) is 33.4. The van der Waals surface area contributed by atoms with Crippen LogP contribution in [0.1, 0.15) is 36.1 Å². The summed E-state index contributed by atoms with van der Waals surface area (Å²) in [5.74, 6) is -0.0184. The van der Waals surface area contributed by atoms with Crippen LogP contribution in [-0.4, -0.2) is 46.3 Å². The molecule has 1 atom stereocenters. The Kier molecular flexibility index (Phi) is 5.75. The highest BCUT2D eigenvalue weighted by atomic mass is 32.1. The molecule has 2 aliphatic heterocycles. The zero-order valence-corrected chi connectivity index (χ0v) is 18.7. The van der Waals surface area contributed by atoms with Gasteiger partial charge in [0.05, 0.1) is 24.5 Å². The highest BCUT2D eigenvalue weighted by Crippen LogP contribution is 2.30. The number of ether oxygens (including phenoxy) is 1. The van der Waals surface area contributed by atoms with E-state index in [-0.39, 0.29) is 17.5 Å². The van der Waals surface area contributed by atoms with Crippen LogP contribution < -0.4 is 15.8 Å². The molecular weight excluding hydrogens is 426 g/mol. The molecule has 32 heavy (non-hydrogen) atoms. The maximum atomic E-state index is 13.2. The molecule has 3 aromatic rings. The van der Waals surface area contributed by atoms with Gasteiger partial charge in [0, 0.05) is 13.1 Å². The van der Waals surface area contributed by atoms with Crippen LogP contribution in [0.25, 0.3) is 10.5 Å². The largest absolute Gasteiger partial charge is 0.377 e. The Morgan fingerprint density at radius 3 is 2.94 bits per heavy atom. The number of benzene rings is 1. The lowest BCUT2D eigenvalue weighted by atomic mass is 10.0. The third kappa shape index (κ3) is 3.93. The summed E-state index contributed by atoms with van der Waals surface area (Å²) in [5, 5.41) is 8.29. The highest BCUT2D eigenvalue weighted by molar-refractivity contribution is 7.20. The summed E-state index contributed by atoms with van der Waals surface area (Å²) >= 11 is 1.36. The number of aryl methyl sites for hydroxylation is 1. The molecule has 0 spiro atoms. The monoisotopic (exact) mass is 451 g/mol. The van der Waals surface area contributed by atoms with Crippen LogP contribution in [0.3, 0.4) is 0 Å². The second-order valence-electron chi connectivity index (χ2n) is 8.07. The van der Waals surface area contributed by atoms with E-state index >= 15 is 0 Å². The molecular formula is C23H25N5O3S. The Bertz CT molecular complexity index is 1230. The van der Waals surface area contributed by atoms with Gasteiger partial charge in [0.2, 0.25) is 16.0 Å². The van der Waals surface area contributed by atoms with E-state index < -0.39 is 0 Å². The Labute approximate surface area is 189 Å². The average Bonchev–Trinajstić information content (AvgIpc) is 3.46. The summed E-state index contributed by atoms with van der Waals surface area (Å²) < 4.78 is 6.76. The van der Waals surface area contributed by atoms with Gasteiger partial charge in [-0.3, -0.25) is 9.59 Å². The first-order valence-corrected chi connectivity index (χ1v) is 11.7. The van der Waals surface area contributed by atoms with Crippen molar-refractivity contribution in [2.75, 3.05) is 24.7 Å². The summed E-state index contributed by atoms with van der Waals surface area (Å²) in [5.41, 5.74) is 3.19. The molecule has 1 unspecified atom stereocenters. The van der Waals surface area contributed by atoms with Gasteiger partial charge in [0.25, 0.3) is 5.56 Å². The number of anilines is 1. The standard InChI is InChI=1S/C23H25N5O3S/c1-15-19(17-9-12-31-13-10-17)21(30)28-22(25-15)32-23(26-28)27-11-5-8-18(27)20(29)24-14-16-6-3-2-4-7-16/h2-4,6-7,9,18H,5,8,10-14H2,1H3,(H,24,29). The van der Waals surface area contributed by atoms with Crippen LogP contribution in [0.2, 0.25) is 0 Å². The van der Waals surface area contributed by atoms with Crippen molar-refractivity contribution in [1.82, 2.24) is 19.9 Å². The Balaban J connectivity index is 1.41. The van der Waals surface area contributed by atoms with E-state index in [2.05, 4.69) is 15.4 Å². The van der Waals surface area contributed by atoms with E-state index in [0.29, 0.717) is 47.5 Å². The first-order chi connectivity index (χ1) is 15.6. The van der Waals surface area contributed by atoms with Crippen molar-refractivity contribution in [2.45, 2.75) is 38.8 Å². The van der Waals surface area contributed by atoms with Crippen molar-refractivity contribution in [3.8, 4) is 0 Å². The summed E-state index contributed by atoms with van der Waals surface area (Å²) in [6.45, 7) is 4.19. The Morgan fingerprint density at radius 1 is 1.31 bits per heavy atom. The van der Waals surface area contributed by atoms with Gasteiger partial charge in [-0.1, -0.05) is 47.7 Å². The van der Waals surface area contributed by atoms with Crippen molar-refractivity contribution < 1.29 is 9.53 Å². The molecule has 2 aliphatic rings. The lowest BCUT2D eigenvalue weighted by molar-refractivity contribution is -0.122. The molecule has 4 heterocycles. The quantitative estimate of drug-likeness (QED) is 0.641. The molecule has 0 saturated carbocycles. The van der Waals surface area contributed by atoms with Gasteiger partial charge in [-0.15, -0.1) is 5.10 Å². The molecule has 2 aromatic heterocycles. The fraction of sp³-hybridized carbons (Fsp3) is 0.391. The zero-order chi connectivity index (χ0) is 22.1. The van der Waals surface area contributed by atoms with Crippen LogP contribution in [0.15, 0.2) is 41.2 Å². The fourth-order valence-corrected chi connectivity index (χ4v) is 5.36. The van der Waals surface area contributed by atoms with Crippen LogP contribution in [0.4, 0.5) is 5.13 Å². The second-order valence-corrected chi connectivity index (χ2v) is 9.00. The van der Waals surface area contributed by atoms with E-state index in [9.17, 15) is 9.59 Å². The molecule has 1 aromatic carbocycles. The minimum absolute atomic E-state index is 0.0184. The number of carbonyl (C=O) groups is 1. The van der Waals surface area contributed by atoms with Gasteiger partial charge >= 0.3 is 0 Å². The van der Waals surface area contributed by atoms with Crippen LogP contribution in [-0.2, 0) is 16.1 Å². The van der Waals surface area contributed by atoms with Gasteiger partial charge in [-0.2, -0.15) is 4.52 Å². The minimum atomic E-state index is -0.297. The van der Waals surface area contributed by atoms with E-state index in [1.807, 2.05) is 48.2 Å². The molecule has 8 nitrogen and oxygen atoms in total. The molecule has 1 amide bonds. The van der Waals surface area contributed by atoms with Crippen molar-refractivity contribution in [2.24, 2.45) is 0 Å². The molecule has 166 valence electrons. The molecule has 9 heteroatoms. The summed E-state index contributed by atoms with van der Waals surface area (Å²) in [6.07, 6.45) is 4.30. The number of hydrogen-bond acceptors (Lipinski definition) is 7. The molecule has 0 bridgehead atoms. The number of carbonyl (C=O) groups excluding carboxylic acids is 1. The molecule has 0 aliphatic carbocycles. The number of aromatic nitrogens is 3. The number of nitrogens with zero attached hydrogens (tertiary/aromatic N) is 4. The topological polar surface area (TPSA) is 88.8 Å². The molecule has 1 N–H and O–H groups in total. The van der Waals surface area contributed by atoms with Crippen LogP contribution in [0, 0.1) is 6.92 Å². The molecule has 5 rings (SSSR count). The maximum Gasteiger partial charge on any atom is 0.283 e. The third-order valence-corrected chi connectivity index (χ3v) is 6.92. The van der Waals surface area contributed by atoms with E-state index in [1.54, 1.807) is 0 Å². The predicted molar refractivity (Wildman–Crippen MR) is 124 cm³/mol. The van der Waals surface area contributed by atoms with E-state index in [4.69, 9.17) is 4.74 Å². The van der Waals surface area contributed by atoms with Gasteiger partial charge in [0.15, 0.2) is 0 Å². The first-order valence-electron chi connectivity index (χ1n) is 10.9. The number of nitrogens with one attached hydrogen (secondary N) is 1. The van der Waals surface area contributed by atoms with E-state index in [1.165, 1.54) is 15.9 Å². The third-order valence-electron chi connectivity index (χ3n) is 5.98. The minimum Gasteiger partial charge on any atom is -0.377 e. The summed E-state index contributed by atoms with van der Waals surface area (Å²) in [7, 11) is 0. The van der Waals surface area contributed by atoms with Crippen molar-refractivity contribution in [1.29, 1.82) is 0 Å². The van der Waals surface area contributed by atoms with Crippen molar-refractivity contribution in [3.05, 3.63) is 63.6 Å². The fourth-order valence-electron chi connectivity index (χ4n) is 4.35. The Hall–Kier alpha value is -3.04. The van der Waals surface area contributed by atoms with Crippen LogP contribution >= 0.6 is 11.3 Å². The predicted octanol–water partition coefficient (Wildman–Crippen LogP) is 2.55. The number of hydrogen-bond donors (Lipinski definition) is 1. The number of amides is 1. The smallest absolute Gasteiger partial charge is 0.283 e. The number of rotatable bonds is 5. The first kappa shape index (κ1) is 20.8. The van der Waals surface area contributed by atoms with Crippen LogP contribution in [0.5, 0.6) is 0 Å². The Morgan fingerprint density at radius 2 is 2.16 bits per heavy atom. The van der Waals surface area contributed by atoms with Gasteiger partial charge in [-0.25, -0.2) is 4.98 Å². The van der Waals surface area contributed by atoms with Gasteiger partial charge < -0.3 is 15.0 Å². The van der Waals surface area contributed by atoms with Crippen molar-refractivity contribution in [3.63, 3.8) is 0 Å². The SMILES string of the molecule is Cc1nc2sc(N3CCCC3C(=O)NCc3ccccc3)nn2c(=O)c1C1=CCOCC1. The lowest BCUT2D eigenvalue weighted by Crippen LogP contribution is -2.43. The summed E-state index contributed by atoms with van der Waals surface area (Å²) in [6, 6.07) is 9.56. The normalized spacial score (nSPS) is 18.7. The molecule has 0 radical (unpaired) electrons. The molecule has 1 fully saturated rings. The van der Waals surface area contributed by atoms with Gasteiger partial charge in [-0.05, 0) is 37.3 Å². The molecule has 1 saturated heterocycles. The zero-order valence-electron chi connectivity index (χ0n) is 17.9. The maximum absolute atomic E-state index is 13.2. The lowest BCUT2D eigenvalue weighted by Gasteiger charge is -2.22. The van der Waals surface area contributed by atoms with Crippen molar-refractivity contribution >= 4 is 32.9 Å². The van der Waals surface area contributed by atoms with Gasteiger partial charge in [0.1, 0.15) is 6.04 Å². The second kappa shape index (κ2) is 8.84. The number of fused-ring (bicyclic) bond motifs is 1.